The molecule has 0 radical (unpaired) electrons. The monoisotopic (exact) mass is 714 g/mol. The number of hydrogen-bond donors (Lipinski definition) is 0. The molecule has 2 aromatic rings. The highest BCUT2D eigenvalue weighted by atomic mass is 19.4. The highest BCUT2D eigenvalue weighted by Gasteiger charge is 2.44. The standard InChI is InChI=1S/C33H36F10N2O4/c1-6-47-28-25(13-24(17(3)4)26(34)29(28)48-7-2)23-8-9-44(16-31(35,36)37)14-20(23)15-45-18(5)27(49-30(45)46)19-10-21(32(38,39)40)12-22(11-19)33(41,42)43/h10-13,17-18,27H,6-9,14-16H2,1-5H3/t18-,27-/m0/s1. The van der Waals surface area contributed by atoms with Gasteiger partial charge in [-0.1, -0.05) is 13.8 Å². The molecule has 2 heterocycles. The number of carbonyl (C=O) groups is 1. The second kappa shape index (κ2) is 14.3. The highest BCUT2D eigenvalue weighted by Crippen LogP contribution is 2.46. The molecule has 1 fully saturated rings. The SMILES string of the molecule is CCOc1c(C2=C(CN3C(=O)O[C@H](c4cc(C(F)(F)F)cc(C(F)(F)F)c4)[C@@H]3C)CN(CC(F)(F)F)CC2)cc(C(C)C)c(F)c1OCC. The minimum absolute atomic E-state index is 0.00346. The Bertz CT molecular complexity index is 1530. The number of halogens is 10. The van der Waals surface area contributed by atoms with Gasteiger partial charge in [0.2, 0.25) is 0 Å². The maximum Gasteiger partial charge on any atom is 0.416 e. The summed E-state index contributed by atoms with van der Waals surface area (Å²) in [7, 11) is 0. The van der Waals surface area contributed by atoms with Crippen LogP contribution in [0.5, 0.6) is 11.5 Å². The van der Waals surface area contributed by atoms with E-state index in [0.717, 1.165) is 9.80 Å². The van der Waals surface area contributed by atoms with Gasteiger partial charge in [0.05, 0.1) is 36.9 Å². The molecule has 2 atom stereocenters. The van der Waals surface area contributed by atoms with Crippen LogP contribution in [-0.4, -0.2) is 67.5 Å². The lowest BCUT2D eigenvalue weighted by molar-refractivity contribution is -0.145. The summed E-state index contributed by atoms with van der Waals surface area (Å²) in [6.07, 6.45) is -17.5. The lowest BCUT2D eigenvalue weighted by Gasteiger charge is -2.34. The van der Waals surface area contributed by atoms with Crippen molar-refractivity contribution in [1.82, 2.24) is 9.80 Å². The quantitative estimate of drug-likeness (QED) is 0.230. The Balaban J connectivity index is 1.84. The Hall–Kier alpha value is -3.69. The molecule has 2 aliphatic rings. The van der Waals surface area contributed by atoms with Crippen LogP contribution in [0.15, 0.2) is 29.8 Å². The van der Waals surface area contributed by atoms with Crippen LogP contribution in [0.3, 0.4) is 0 Å². The molecule has 0 N–H and O–H groups in total. The molecular formula is C33H36F10N2O4. The zero-order valence-electron chi connectivity index (χ0n) is 27.3. The molecule has 0 spiro atoms. The van der Waals surface area contributed by atoms with Crippen molar-refractivity contribution in [2.24, 2.45) is 0 Å². The molecule has 0 aliphatic carbocycles. The molecule has 2 aromatic carbocycles. The third kappa shape index (κ3) is 8.55. The van der Waals surface area contributed by atoms with Gasteiger partial charge in [0.1, 0.15) is 6.10 Å². The van der Waals surface area contributed by atoms with Crippen molar-refractivity contribution in [1.29, 1.82) is 0 Å². The van der Waals surface area contributed by atoms with E-state index in [4.69, 9.17) is 14.2 Å². The summed E-state index contributed by atoms with van der Waals surface area (Å²) in [4.78, 5) is 15.3. The van der Waals surface area contributed by atoms with E-state index in [-0.39, 0.29) is 67.3 Å². The van der Waals surface area contributed by atoms with E-state index in [1.54, 1.807) is 27.7 Å². The minimum atomic E-state index is -5.14. The predicted molar refractivity (Wildman–Crippen MR) is 159 cm³/mol. The third-order valence-electron chi connectivity index (χ3n) is 8.34. The van der Waals surface area contributed by atoms with Gasteiger partial charge in [0.25, 0.3) is 0 Å². The number of rotatable bonds is 10. The first-order valence-electron chi connectivity index (χ1n) is 15.5. The summed E-state index contributed by atoms with van der Waals surface area (Å²) in [5.41, 5.74) is -2.46. The van der Waals surface area contributed by atoms with Gasteiger partial charge in [-0.25, -0.2) is 9.18 Å². The molecule has 272 valence electrons. The Kier molecular flexibility index (Phi) is 11.1. The van der Waals surface area contributed by atoms with Gasteiger partial charge < -0.3 is 14.2 Å². The van der Waals surface area contributed by atoms with Crippen LogP contribution < -0.4 is 9.47 Å². The number of benzene rings is 2. The third-order valence-corrected chi connectivity index (χ3v) is 8.34. The molecule has 0 saturated carbocycles. The zero-order chi connectivity index (χ0) is 36.6. The summed E-state index contributed by atoms with van der Waals surface area (Å²) in [6, 6.07) is 1.28. The first kappa shape index (κ1) is 38.1. The molecule has 0 aromatic heterocycles. The molecular weight excluding hydrogens is 678 g/mol. The molecule has 2 aliphatic heterocycles. The topological polar surface area (TPSA) is 51.2 Å². The number of ether oxygens (including phenoxy) is 3. The minimum Gasteiger partial charge on any atom is -0.489 e. The molecule has 1 saturated heterocycles. The fraction of sp³-hybridized carbons (Fsp3) is 0.545. The van der Waals surface area contributed by atoms with Crippen molar-refractivity contribution >= 4 is 11.7 Å². The number of nitrogens with zero attached hydrogens (tertiary/aromatic N) is 2. The Morgan fingerprint density at radius 2 is 1.47 bits per heavy atom. The van der Waals surface area contributed by atoms with Crippen LogP contribution in [0.25, 0.3) is 5.57 Å². The summed E-state index contributed by atoms with van der Waals surface area (Å²) < 4.78 is 154. The van der Waals surface area contributed by atoms with Gasteiger partial charge in [-0.2, -0.15) is 39.5 Å². The summed E-state index contributed by atoms with van der Waals surface area (Å²) in [5.74, 6) is -1.19. The van der Waals surface area contributed by atoms with Gasteiger partial charge in [-0.15, -0.1) is 0 Å². The molecule has 49 heavy (non-hydrogen) atoms. The summed E-state index contributed by atoms with van der Waals surface area (Å²) in [6.45, 7) is 6.17. The van der Waals surface area contributed by atoms with Gasteiger partial charge >= 0.3 is 24.6 Å². The molecule has 1 amide bonds. The van der Waals surface area contributed by atoms with Crippen molar-refractivity contribution in [3.05, 3.63) is 63.5 Å². The van der Waals surface area contributed by atoms with E-state index in [0.29, 0.717) is 23.3 Å². The van der Waals surface area contributed by atoms with E-state index >= 15 is 4.39 Å². The van der Waals surface area contributed by atoms with Crippen molar-refractivity contribution in [2.45, 2.75) is 77.6 Å². The number of cyclic esters (lactones) is 1. The van der Waals surface area contributed by atoms with Crippen molar-refractivity contribution < 1.29 is 62.9 Å². The average molecular weight is 715 g/mol. The van der Waals surface area contributed by atoms with Gasteiger partial charge in [0.15, 0.2) is 17.3 Å². The van der Waals surface area contributed by atoms with Crippen LogP contribution in [0.4, 0.5) is 48.7 Å². The van der Waals surface area contributed by atoms with Crippen LogP contribution in [0.1, 0.15) is 80.9 Å². The van der Waals surface area contributed by atoms with Gasteiger partial charge in [-0.05, 0) is 79.6 Å². The lowest BCUT2D eigenvalue weighted by Crippen LogP contribution is -2.42. The number of amides is 1. The number of alkyl halides is 9. The largest absolute Gasteiger partial charge is 0.489 e. The van der Waals surface area contributed by atoms with Gasteiger partial charge in [0, 0.05) is 25.2 Å². The van der Waals surface area contributed by atoms with Gasteiger partial charge in [-0.3, -0.25) is 9.80 Å². The van der Waals surface area contributed by atoms with Crippen molar-refractivity contribution in [3.63, 3.8) is 0 Å². The lowest BCUT2D eigenvalue weighted by atomic mass is 9.88. The smallest absolute Gasteiger partial charge is 0.416 e. The van der Waals surface area contributed by atoms with E-state index in [1.165, 1.54) is 13.0 Å². The Labute approximate surface area is 276 Å². The van der Waals surface area contributed by atoms with E-state index in [1.807, 2.05) is 0 Å². The normalized spacial score (nSPS) is 19.6. The highest BCUT2D eigenvalue weighted by molar-refractivity contribution is 5.79. The average Bonchev–Trinajstić information content (AvgIpc) is 3.26. The summed E-state index contributed by atoms with van der Waals surface area (Å²) >= 11 is 0. The summed E-state index contributed by atoms with van der Waals surface area (Å²) in [5, 5.41) is 0. The van der Waals surface area contributed by atoms with E-state index in [9.17, 15) is 44.3 Å². The zero-order valence-corrected chi connectivity index (χ0v) is 27.3. The molecule has 0 bridgehead atoms. The second-order valence-electron chi connectivity index (χ2n) is 12.2. The maximum atomic E-state index is 15.7. The molecule has 4 rings (SSSR count). The fourth-order valence-corrected chi connectivity index (χ4v) is 6.10. The first-order valence-corrected chi connectivity index (χ1v) is 15.5. The van der Waals surface area contributed by atoms with Crippen LogP contribution in [0.2, 0.25) is 0 Å². The molecule has 16 heteroatoms. The Morgan fingerprint density at radius 1 is 0.898 bits per heavy atom. The number of carbonyl (C=O) groups excluding carboxylic acids is 1. The van der Waals surface area contributed by atoms with Crippen molar-refractivity contribution in [2.75, 3.05) is 39.4 Å². The van der Waals surface area contributed by atoms with E-state index in [2.05, 4.69) is 0 Å². The second-order valence-corrected chi connectivity index (χ2v) is 12.2. The maximum absolute atomic E-state index is 15.7. The van der Waals surface area contributed by atoms with Crippen LogP contribution in [-0.2, 0) is 17.1 Å². The first-order chi connectivity index (χ1) is 22.7. The predicted octanol–water partition coefficient (Wildman–Crippen LogP) is 9.39. The molecule has 6 nitrogen and oxygen atoms in total. The van der Waals surface area contributed by atoms with Crippen molar-refractivity contribution in [3.8, 4) is 11.5 Å². The van der Waals surface area contributed by atoms with E-state index < -0.39 is 72.4 Å². The van der Waals surface area contributed by atoms with Crippen LogP contribution >= 0.6 is 0 Å². The Morgan fingerprint density at radius 3 is 1.98 bits per heavy atom. The van der Waals surface area contributed by atoms with Crippen LogP contribution in [0, 0.1) is 5.82 Å². The number of hydrogen-bond acceptors (Lipinski definition) is 5. The fourth-order valence-electron chi connectivity index (χ4n) is 6.10. The molecule has 0 unspecified atom stereocenters.